The minimum absolute atomic E-state index is 0.0700. The maximum atomic E-state index is 12.7. The average Bonchev–Trinajstić information content (AvgIpc) is 2.48. The van der Waals surface area contributed by atoms with E-state index in [-0.39, 0.29) is 35.7 Å². The Kier molecular flexibility index (Phi) is 5.32. The number of Topliss-reactive ketones (excluding diaryl/α,β-unsaturated/α-hetero) is 1. The van der Waals surface area contributed by atoms with Gasteiger partial charge in [0.1, 0.15) is 0 Å². The number of ketones is 1. The number of likely N-dealkylation sites (tertiary alicyclic amines) is 1. The van der Waals surface area contributed by atoms with Gasteiger partial charge in [-0.15, -0.1) is 0 Å². The first-order chi connectivity index (χ1) is 10.3. The van der Waals surface area contributed by atoms with Crippen molar-refractivity contribution in [2.75, 3.05) is 19.3 Å². The molecular weight excluding hydrogens is 303 g/mol. The van der Waals surface area contributed by atoms with Gasteiger partial charge in [-0.2, -0.15) is 4.31 Å². The Morgan fingerprint density at radius 1 is 1.23 bits per heavy atom. The Hall–Kier alpha value is -0.885. The third kappa shape index (κ3) is 3.37. The lowest BCUT2D eigenvalue weighted by atomic mass is 9.73. The first kappa shape index (κ1) is 17.5. The summed E-state index contributed by atoms with van der Waals surface area (Å²) < 4.78 is 24.9. The number of rotatable bonds is 4. The largest absolute Gasteiger partial charge is 0.337 e. The van der Waals surface area contributed by atoms with E-state index in [0.717, 1.165) is 30.0 Å². The van der Waals surface area contributed by atoms with Crippen LogP contribution in [0.1, 0.15) is 39.0 Å². The highest BCUT2D eigenvalue weighted by atomic mass is 32.2. The highest BCUT2D eigenvalue weighted by Gasteiger charge is 2.44. The summed E-state index contributed by atoms with van der Waals surface area (Å²) in [4.78, 5) is 26.5. The summed E-state index contributed by atoms with van der Waals surface area (Å²) in [5.74, 6) is -0.639. The Bertz CT molecular complexity index is 543. The number of carbonyl (C=O) groups is 2. The quantitative estimate of drug-likeness (QED) is 0.551. The molecule has 1 atom stereocenters. The molecule has 0 aromatic rings. The van der Waals surface area contributed by atoms with Crippen LogP contribution in [0.2, 0.25) is 5.82 Å². The maximum Gasteiger partial charge on any atom is 0.248 e. The van der Waals surface area contributed by atoms with E-state index in [1.807, 2.05) is 0 Å². The van der Waals surface area contributed by atoms with Gasteiger partial charge in [-0.3, -0.25) is 9.59 Å². The van der Waals surface area contributed by atoms with E-state index in [2.05, 4.69) is 0 Å². The summed E-state index contributed by atoms with van der Waals surface area (Å²) >= 11 is 0. The number of hydrogen-bond acceptors (Lipinski definition) is 4. The Morgan fingerprint density at radius 3 is 2.36 bits per heavy atom. The fraction of sp³-hybridized carbons (Fsp3) is 0.857. The molecule has 2 rings (SSSR count). The van der Waals surface area contributed by atoms with Gasteiger partial charge in [0, 0.05) is 26.1 Å². The molecule has 1 unspecified atom stereocenters. The maximum absolute atomic E-state index is 12.7. The molecule has 2 fully saturated rings. The molecule has 22 heavy (non-hydrogen) atoms. The molecule has 2 aliphatic rings. The summed E-state index contributed by atoms with van der Waals surface area (Å²) in [6.45, 7) is 1.89. The number of hydrogen-bond donors (Lipinski definition) is 0. The number of likely N-dealkylation sites (N-methyl/N-ethyl adjacent to an activating group) is 1. The smallest absolute Gasteiger partial charge is 0.248 e. The van der Waals surface area contributed by atoms with Crippen LogP contribution in [-0.4, -0.2) is 68.6 Å². The molecule has 0 aromatic heterocycles. The van der Waals surface area contributed by atoms with Crippen molar-refractivity contribution in [3.8, 4) is 0 Å². The van der Waals surface area contributed by atoms with Crippen LogP contribution in [0.4, 0.5) is 0 Å². The van der Waals surface area contributed by atoms with Gasteiger partial charge in [-0.25, -0.2) is 8.42 Å². The molecule has 122 valence electrons. The van der Waals surface area contributed by atoms with Crippen molar-refractivity contribution < 1.29 is 18.0 Å². The molecule has 0 bridgehead atoms. The minimum Gasteiger partial charge on any atom is -0.337 e. The van der Waals surface area contributed by atoms with Crippen molar-refractivity contribution in [2.45, 2.75) is 56.9 Å². The summed E-state index contributed by atoms with van der Waals surface area (Å²) in [5, 5.41) is 0. The molecule has 0 aromatic carbocycles. The molecule has 1 saturated carbocycles. The van der Waals surface area contributed by atoms with Crippen LogP contribution >= 0.6 is 0 Å². The van der Waals surface area contributed by atoms with E-state index in [9.17, 15) is 18.0 Å². The van der Waals surface area contributed by atoms with Gasteiger partial charge < -0.3 is 4.90 Å². The van der Waals surface area contributed by atoms with Crippen LogP contribution in [0.5, 0.6) is 0 Å². The van der Waals surface area contributed by atoms with Gasteiger partial charge in [-0.1, -0.05) is 18.7 Å². The molecule has 1 heterocycles. The molecule has 0 N–H and O–H groups in total. The van der Waals surface area contributed by atoms with Gasteiger partial charge >= 0.3 is 0 Å². The van der Waals surface area contributed by atoms with Gasteiger partial charge in [0.25, 0.3) is 0 Å². The Labute approximate surface area is 133 Å². The summed E-state index contributed by atoms with van der Waals surface area (Å²) in [7, 11) is 3.63. The predicted molar refractivity (Wildman–Crippen MR) is 84.1 cm³/mol. The van der Waals surface area contributed by atoms with Gasteiger partial charge in [0.05, 0.1) is 13.6 Å². The number of nitrogens with zero attached hydrogens (tertiary/aromatic N) is 2. The van der Waals surface area contributed by atoms with Crippen molar-refractivity contribution in [2.24, 2.45) is 0 Å². The van der Waals surface area contributed by atoms with E-state index >= 15 is 0 Å². The number of piperidine rings is 1. The van der Waals surface area contributed by atoms with Gasteiger partial charge in [0.15, 0.2) is 11.8 Å². The molecule has 2 radical (unpaired) electrons. The highest BCUT2D eigenvalue weighted by Crippen LogP contribution is 2.31. The Morgan fingerprint density at radius 2 is 1.82 bits per heavy atom. The van der Waals surface area contributed by atoms with Crippen molar-refractivity contribution in [3.63, 3.8) is 0 Å². The first-order valence-corrected chi connectivity index (χ1v) is 9.43. The van der Waals surface area contributed by atoms with Crippen molar-refractivity contribution in [1.82, 2.24) is 9.21 Å². The van der Waals surface area contributed by atoms with Crippen molar-refractivity contribution in [3.05, 3.63) is 0 Å². The minimum atomic E-state index is -3.58. The summed E-state index contributed by atoms with van der Waals surface area (Å²) in [6, 6.07) is -1.13. The predicted octanol–water partition coefficient (Wildman–Crippen LogP) is 0.338. The molecule has 8 heteroatoms. The molecule has 1 amide bonds. The van der Waals surface area contributed by atoms with E-state index < -0.39 is 16.1 Å². The summed E-state index contributed by atoms with van der Waals surface area (Å²) in [6.07, 6.45) is 3.56. The van der Waals surface area contributed by atoms with Crippen LogP contribution < -0.4 is 0 Å². The van der Waals surface area contributed by atoms with E-state index in [1.54, 1.807) is 4.90 Å². The van der Waals surface area contributed by atoms with Crippen LogP contribution in [0.25, 0.3) is 0 Å². The fourth-order valence-corrected chi connectivity index (χ4v) is 4.21. The normalized spacial score (nSPS) is 30.9. The second-order valence-electron chi connectivity index (χ2n) is 6.14. The van der Waals surface area contributed by atoms with Crippen LogP contribution in [-0.2, 0) is 19.6 Å². The number of amides is 1. The van der Waals surface area contributed by atoms with E-state index in [1.165, 1.54) is 14.0 Å². The second-order valence-corrected chi connectivity index (χ2v) is 8.45. The number of carbonyl (C=O) groups excluding carboxylic acids is 2. The molecule has 6 nitrogen and oxygen atoms in total. The second kappa shape index (κ2) is 6.70. The van der Waals surface area contributed by atoms with E-state index in [4.69, 9.17) is 7.85 Å². The third-order valence-corrected chi connectivity index (χ3v) is 6.59. The molecule has 1 saturated heterocycles. The lowest BCUT2D eigenvalue weighted by molar-refractivity contribution is -0.147. The molecular formula is C14H23BN2O4S. The molecule has 0 spiro atoms. The highest BCUT2D eigenvalue weighted by molar-refractivity contribution is 7.89. The third-order valence-electron chi connectivity index (χ3n) is 4.77. The zero-order valence-corrected chi connectivity index (χ0v) is 14.0. The summed E-state index contributed by atoms with van der Waals surface area (Å²) in [5.41, 5.74) is 0. The number of sulfonamides is 1. The standard InChI is InChI=1S/C14H23BN2O4S/c1-3-22(20,21)16(2)13-12(18)8-9-17(14(13)19)11-6-4-10(15)5-7-11/h10-11,13H,3-9H2,1-2H3. The zero-order chi connectivity index (χ0) is 16.5. The van der Waals surface area contributed by atoms with Crippen molar-refractivity contribution in [1.29, 1.82) is 0 Å². The first-order valence-electron chi connectivity index (χ1n) is 7.82. The van der Waals surface area contributed by atoms with Gasteiger partial charge in [0.2, 0.25) is 15.9 Å². The van der Waals surface area contributed by atoms with Crippen LogP contribution in [0, 0.1) is 0 Å². The SMILES string of the molecule is [B]C1CCC(N2CCC(=O)C(N(C)S(=O)(=O)CC)C2=O)CC1. The lowest BCUT2D eigenvalue weighted by Crippen LogP contribution is -2.60. The molecule has 1 aliphatic heterocycles. The monoisotopic (exact) mass is 326 g/mol. The molecule has 1 aliphatic carbocycles. The van der Waals surface area contributed by atoms with E-state index in [0.29, 0.717) is 6.54 Å². The van der Waals surface area contributed by atoms with Crippen LogP contribution in [0.3, 0.4) is 0 Å². The van der Waals surface area contributed by atoms with Crippen LogP contribution in [0.15, 0.2) is 0 Å². The topological polar surface area (TPSA) is 74.8 Å². The Balaban J connectivity index is 2.17. The average molecular weight is 326 g/mol. The zero-order valence-electron chi connectivity index (χ0n) is 13.2. The van der Waals surface area contributed by atoms with Crippen molar-refractivity contribution >= 4 is 29.6 Å². The van der Waals surface area contributed by atoms with Gasteiger partial charge in [-0.05, 0) is 19.8 Å². The fourth-order valence-electron chi connectivity index (χ4n) is 3.27. The lowest BCUT2D eigenvalue weighted by Gasteiger charge is -2.41.